The van der Waals surface area contributed by atoms with Crippen LogP contribution in [0.15, 0.2) is 30.3 Å². The summed E-state index contributed by atoms with van der Waals surface area (Å²) in [6.07, 6.45) is 1.14. The third-order valence-electron chi connectivity index (χ3n) is 3.74. The van der Waals surface area contributed by atoms with Gasteiger partial charge in [-0.3, -0.25) is 14.6 Å². The zero-order valence-corrected chi connectivity index (χ0v) is 11.9. The molecule has 4 nitrogen and oxygen atoms in total. The predicted molar refractivity (Wildman–Crippen MR) is 77.5 cm³/mol. The average Bonchev–Trinajstić information content (AvgIpc) is 2.98. The van der Waals surface area contributed by atoms with E-state index in [0.29, 0.717) is 6.04 Å². The van der Waals surface area contributed by atoms with Crippen LogP contribution in [-0.2, 0) is 6.54 Å². The zero-order chi connectivity index (χ0) is 13.2. The Balaban J connectivity index is 1.69. The van der Waals surface area contributed by atoms with Crippen molar-refractivity contribution in [2.75, 3.05) is 13.1 Å². The summed E-state index contributed by atoms with van der Waals surface area (Å²) in [5, 5.41) is 7.07. The van der Waals surface area contributed by atoms with E-state index in [4.69, 9.17) is 12.2 Å². The van der Waals surface area contributed by atoms with Gasteiger partial charge in [-0.1, -0.05) is 30.3 Å². The second-order valence-corrected chi connectivity index (χ2v) is 5.50. The minimum absolute atomic E-state index is 0.454. The van der Waals surface area contributed by atoms with Crippen molar-refractivity contribution >= 4 is 12.2 Å². The van der Waals surface area contributed by atoms with Crippen LogP contribution in [0.2, 0.25) is 0 Å². The van der Waals surface area contributed by atoms with Gasteiger partial charge in [0.15, 0.2) is 4.77 Å². The first kappa shape index (κ1) is 12.6. The highest BCUT2D eigenvalue weighted by atomic mass is 32.1. The first-order chi connectivity index (χ1) is 9.24. The molecule has 0 amide bonds. The Morgan fingerprint density at radius 1 is 1.37 bits per heavy atom. The van der Waals surface area contributed by atoms with Gasteiger partial charge in [-0.05, 0) is 31.1 Å². The molecule has 1 fully saturated rings. The van der Waals surface area contributed by atoms with E-state index < -0.39 is 0 Å². The summed E-state index contributed by atoms with van der Waals surface area (Å²) in [4.78, 5) is 2.48. The maximum atomic E-state index is 5.30. The van der Waals surface area contributed by atoms with Crippen LogP contribution < -0.4 is 0 Å². The Morgan fingerprint density at radius 3 is 2.84 bits per heavy atom. The molecule has 1 aromatic carbocycles. The summed E-state index contributed by atoms with van der Waals surface area (Å²) in [6.45, 7) is 5.18. The molecular formula is C14H18N4S. The van der Waals surface area contributed by atoms with Crippen molar-refractivity contribution in [2.24, 2.45) is 0 Å². The van der Waals surface area contributed by atoms with Crippen LogP contribution in [0.5, 0.6) is 0 Å². The van der Waals surface area contributed by atoms with Crippen LogP contribution in [0.1, 0.15) is 23.9 Å². The number of H-pyrrole nitrogens is 1. The maximum absolute atomic E-state index is 5.30. The smallest absolute Gasteiger partial charge is 0.195 e. The minimum atomic E-state index is 0.454. The SMILES string of the molecule is Cc1n[nH]c(=S)n1C1CCN(Cc2ccccc2)C1. The molecule has 3 rings (SSSR count). The lowest BCUT2D eigenvalue weighted by Gasteiger charge is -2.17. The predicted octanol–water partition coefficient (Wildman–Crippen LogP) is 2.70. The molecule has 1 aliphatic heterocycles. The van der Waals surface area contributed by atoms with Gasteiger partial charge in [0, 0.05) is 19.6 Å². The molecule has 0 spiro atoms. The van der Waals surface area contributed by atoms with Crippen LogP contribution >= 0.6 is 12.2 Å². The average molecular weight is 274 g/mol. The molecule has 1 atom stereocenters. The molecule has 0 radical (unpaired) electrons. The number of benzene rings is 1. The van der Waals surface area contributed by atoms with Crippen LogP contribution in [0, 0.1) is 11.7 Å². The first-order valence-electron chi connectivity index (χ1n) is 6.64. The third-order valence-corrected chi connectivity index (χ3v) is 4.03. The third kappa shape index (κ3) is 2.62. The summed E-state index contributed by atoms with van der Waals surface area (Å²) in [6, 6.07) is 11.1. The fourth-order valence-corrected chi connectivity index (χ4v) is 3.15. The fraction of sp³-hybridized carbons (Fsp3) is 0.429. The van der Waals surface area contributed by atoms with Crippen molar-refractivity contribution in [1.82, 2.24) is 19.7 Å². The molecule has 2 heterocycles. The molecule has 1 saturated heterocycles. The molecule has 0 bridgehead atoms. The summed E-state index contributed by atoms with van der Waals surface area (Å²) in [5.41, 5.74) is 1.37. The number of aryl methyl sites for hydroxylation is 1. The molecule has 0 aliphatic carbocycles. The molecule has 0 saturated carbocycles. The molecule has 19 heavy (non-hydrogen) atoms. The Morgan fingerprint density at radius 2 is 2.16 bits per heavy atom. The van der Waals surface area contributed by atoms with Crippen molar-refractivity contribution in [3.05, 3.63) is 46.5 Å². The van der Waals surface area contributed by atoms with Gasteiger partial charge in [-0.15, -0.1) is 0 Å². The summed E-state index contributed by atoms with van der Waals surface area (Å²) in [7, 11) is 0. The van der Waals surface area contributed by atoms with E-state index >= 15 is 0 Å². The zero-order valence-electron chi connectivity index (χ0n) is 11.0. The lowest BCUT2D eigenvalue weighted by Crippen LogP contribution is -2.21. The molecule has 100 valence electrons. The van der Waals surface area contributed by atoms with Crippen LogP contribution in [0.25, 0.3) is 0 Å². The molecule has 1 unspecified atom stereocenters. The van der Waals surface area contributed by atoms with Crippen molar-refractivity contribution in [1.29, 1.82) is 0 Å². The van der Waals surface area contributed by atoms with Crippen LogP contribution in [0.3, 0.4) is 0 Å². The molecule has 2 aromatic rings. The second-order valence-electron chi connectivity index (χ2n) is 5.11. The van der Waals surface area contributed by atoms with Crippen molar-refractivity contribution in [3.8, 4) is 0 Å². The van der Waals surface area contributed by atoms with E-state index in [-0.39, 0.29) is 0 Å². The van der Waals surface area contributed by atoms with Crippen LogP contribution in [0.4, 0.5) is 0 Å². The topological polar surface area (TPSA) is 36.9 Å². The number of nitrogens with zero attached hydrogens (tertiary/aromatic N) is 3. The second kappa shape index (κ2) is 5.27. The largest absolute Gasteiger partial charge is 0.300 e. The Labute approximate surface area is 118 Å². The lowest BCUT2D eigenvalue weighted by atomic mass is 10.2. The number of nitrogens with one attached hydrogen (secondary N) is 1. The monoisotopic (exact) mass is 274 g/mol. The van der Waals surface area contributed by atoms with Crippen molar-refractivity contribution in [2.45, 2.75) is 25.9 Å². The van der Waals surface area contributed by atoms with Gasteiger partial charge in [0.05, 0.1) is 6.04 Å². The highest BCUT2D eigenvalue weighted by molar-refractivity contribution is 7.71. The molecule has 1 aliphatic rings. The first-order valence-corrected chi connectivity index (χ1v) is 7.04. The fourth-order valence-electron chi connectivity index (χ4n) is 2.82. The van der Waals surface area contributed by atoms with E-state index in [9.17, 15) is 0 Å². The highest BCUT2D eigenvalue weighted by Crippen LogP contribution is 2.24. The number of likely N-dealkylation sites (tertiary alicyclic amines) is 1. The normalized spacial score (nSPS) is 19.9. The minimum Gasteiger partial charge on any atom is -0.300 e. The van der Waals surface area contributed by atoms with Gasteiger partial charge in [-0.25, -0.2) is 0 Å². The van der Waals surface area contributed by atoms with E-state index in [1.165, 1.54) is 5.56 Å². The van der Waals surface area contributed by atoms with E-state index in [1.54, 1.807) is 0 Å². The van der Waals surface area contributed by atoms with Gasteiger partial charge in [-0.2, -0.15) is 5.10 Å². The van der Waals surface area contributed by atoms with E-state index in [2.05, 4.69) is 50.0 Å². The molecule has 5 heteroatoms. The van der Waals surface area contributed by atoms with Crippen LogP contribution in [-0.4, -0.2) is 32.8 Å². The van der Waals surface area contributed by atoms with E-state index in [1.807, 2.05) is 6.92 Å². The van der Waals surface area contributed by atoms with Gasteiger partial charge >= 0.3 is 0 Å². The Bertz CT molecular complexity index is 601. The Kier molecular flexibility index (Phi) is 3.48. The summed E-state index contributed by atoms with van der Waals surface area (Å²) < 4.78 is 2.89. The molecule has 1 aromatic heterocycles. The number of rotatable bonds is 3. The molecular weight excluding hydrogens is 256 g/mol. The van der Waals surface area contributed by atoms with Crippen molar-refractivity contribution < 1.29 is 0 Å². The molecule has 1 N–H and O–H groups in total. The number of hydrogen-bond donors (Lipinski definition) is 1. The number of aromatic amines is 1. The lowest BCUT2D eigenvalue weighted by molar-refractivity contribution is 0.315. The van der Waals surface area contributed by atoms with Gasteiger partial charge < -0.3 is 0 Å². The van der Waals surface area contributed by atoms with Gasteiger partial charge in [0.25, 0.3) is 0 Å². The van der Waals surface area contributed by atoms with E-state index in [0.717, 1.165) is 36.7 Å². The number of hydrogen-bond acceptors (Lipinski definition) is 3. The number of aromatic nitrogens is 3. The standard InChI is InChI=1S/C14H18N4S/c1-11-15-16-14(19)18(11)13-7-8-17(10-13)9-12-5-3-2-4-6-12/h2-6,13H,7-10H2,1H3,(H,16,19). The van der Waals surface area contributed by atoms with Crippen molar-refractivity contribution in [3.63, 3.8) is 0 Å². The van der Waals surface area contributed by atoms with Gasteiger partial charge in [0.1, 0.15) is 5.82 Å². The van der Waals surface area contributed by atoms with Gasteiger partial charge in [0.2, 0.25) is 0 Å². The summed E-state index contributed by atoms with van der Waals surface area (Å²) in [5.74, 6) is 0.983. The quantitative estimate of drug-likeness (QED) is 0.874. The summed E-state index contributed by atoms with van der Waals surface area (Å²) >= 11 is 5.30. The highest BCUT2D eigenvalue weighted by Gasteiger charge is 2.25. The maximum Gasteiger partial charge on any atom is 0.195 e. The Hall–Kier alpha value is -1.46.